The van der Waals surface area contributed by atoms with E-state index in [4.69, 9.17) is 0 Å². The van der Waals surface area contributed by atoms with Crippen molar-refractivity contribution >= 4 is 47.3 Å². The lowest BCUT2D eigenvalue weighted by molar-refractivity contribution is -0.143. The molecule has 17 nitrogen and oxygen atoms in total. The normalized spacial score (nSPS) is 26.6. The van der Waals surface area contributed by atoms with Gasteiger partial charge in [-0.3, -0.25) is 38.4 Å². The van der Waals surface area contributed by atoms with E-state index >= 15 is 0 Å². The maximum absolute atomic E-state index is 14.0. The number of amides is 8. The number of fused-ring (bicyclic) bond motifs is 1. The molecule has 17 heteroatoms. The van der Waals surface area contributed by atoms with Gasteiger partial charge in [-0.15, -0.1) is 0 Å². The molecule has 0 spiro atoms. The fraction of sp³-hybridized carbons (Fsp3) is 0.659. The minimum Gasteiger partial charge on any atom is -0.508 e. The number of nitrogens with zero attached hydrogens (tertiary/aromatic N) is 1. The first-order valence-electron chi connectivity index (χ1n) is 20.4. The third-order valence-electron chi connectivity index (χ3n) is 10.2. The Bertz CT molecular complexity index is 1650. The van der Waals surface area contributed by atoms with Crippen molar-refractivity contribution < 1.29 is 43.5 Å². The fourth-order valence-electron chi connectivity index (χ4n) is 6.99. The summed E-state index contributed by atoms with van der Waals surface area (Å²) in [6.45, 7) is 15.5. The maximum atomic E-state index is 14.0. The van der Waals surface area contributed by atoms with Gasteiger partial charge in [0.15, 0.2) is 0 Å². The molecule has 7 atom stereocenters. The van der Waals surface area contributed by atoms with E-state index in [1.54, 1.807) is 39.8 Å². The quantitative estimate of drug-likeness (QED) is 0.181. The molecule has 2 saturated heterocycles. The number of benzene rings is 1. The van der Waals surface area contributed by atoms with Gasteiger partial charge in [-0.2, -0.15) is 0 Å². The predicted molar refractivity (Wildman–Crippen MR) is 215 cm³/mol. The number of aromatic hydroxyl groups is 1. The van der Waals surface area contributed by atoms with Crippen molar-refractivity contribution in [1.82, 2.24) is 42.1 Å². The smallest absolute Gasteiger partial charge is 0.246 e. The molecule has 0 radical (unpaired) electrons. The number of hydrogen-bond acceptors (Lipinski definition) is 9. The molecule has 8 amide bonds. The first kappa shape index (κ1) is 47.2. The van der Waals surface area contributed by atoms with Crippen LogP contribution in [0.3, 0.4) is 0 Å². The average Bonchev–Trinajstić information content (AvgIpc) is 3.64. The first-order valence-corrected chi connectivity index (χ1v) is 20.4. The standard InChI is InChI=1S/C41H64N8O9/c1-21(2)17-28-36(53)43-25(9)35(52)45-29(18-22(3)4)37(54)48-34(24(7)8)41(58)49-16-10-11-31(49)39(56)42-20-32(51)44-30(19-26-12-14-27(50)15-13-26)38(55)47-33(23(5)6)40(57)46-28/h12-15,21-25,28-31,33-34,50H,10-11,16-20H2,1-9H3,(H,42,56)(H,43,53)(H,44,51)(H,45,52)(H,46,57)(H,47,55)(H,48,54). The maximum Gasteiger partial charge on any atom is 0.246 e. The molecule has 0 aliphatic carbocycles. The third kappa shape index (κ3) is 13.7. The fourth-order valence-corrected chi connectivity index (χ4v) is 6.99. The molecule has 2 aliphatic rings. The van der Waals surface area contributed by atoms with E-state index < -0.39 is 108 Å². The van der Waals surface area contributed by atoms with E-state index in [1.165, 1.54) is 24.0 Å². The monoisotopic (exact) mass is 812 g/mol. The molecule has 2 aliphatic heterocycles. The summed E-state index contributed by atoms with van der Waals surface area (Å²) in [5.41, 5.74) is 0.579. The highest BCUT2D eigenvalue weighted by atomic mass is 16.3. The Morgan fingerprint density at radius 2 is 1.14 bits per heavy atom. The molecule has 3 rings (SSSR count). The van der Waals surface area contributed by atoms with Crippen molar-refractivity contribution in [2.24, 2.45) is 23.7 Å². The summed E-state index contributed by atoms with van der Waals surface area (Å²) in [7, 11) is 0. The molecule has 0 aromatic heterocycles. The van der Waals surface area contributed by atoms with Gasteiger partial charge in [0, 0.05) is 13.0 Å². The second-order valence-electron chi connectivity index (χ2n) is 17.0. The van der Waals surface area contributed by atoms with Gasteiger partial charge in [-0.25, -0.2) is 0 Å². The Morgan fingerprint density at radius 3 is 1.69 bits per heavy atom. The number of carbonyl (C=O) groups excluding carboxylic acids is 8. The Morgan fingerprint density at radius 1 is 0.621 bits per heavy atom. The minimum absolute atomic E-state index is 0.00271. The average molecular weight is 813 g/mol. The zero-order valence-corrected chi connectivity index (χ0v) is 35.3. The molecular weight excluding hydrogens is 748 g/mol. The molecule has 58 heavy (non-hydrogen) atoms. The summed E-state index contributed by atoms with van der Waals surface area (Å²) in [4.78, 5) is 111. The van der Waals surface area contributed by atoms with Crippen LogP contribution in [0.2, 0.25) is 0 Å². The van der Waals surface area contributed by atoms with Crippen LogP contribution in [0.1, 0.15) is 93.6 Å². The number of phenols is 1. The summed E-state index contributed by atoms with van der Waals surface area (Å²) in [6.07, 6.45) is 1.19. The summed E-state index contributed by atoms with van der Waals surface area (Å²) < 4.78 is 0. The van der Waals surface area contributed by atoms with Gasteiger partial charge < -0.3 is 47.2 Å². The highest BCUT2D eigenvalue weighted by molar-refractivity contribution is 5.98. The molecule has 2 fully saturated rings. The largest absolute Gasteiger partial charge is 0.508 e. The molecule has 1 aromatic rings. The zero-order chi connectivity index (χ0) is 43.4. The number of carbonyl (C=O) groups is 8. The lowest BCUT2D eigenvalue weighted by Gasteiger charge is -2.32. The summed E-state index contributed by atoms with van der Waals surface area (Å²) in [5, 5.41) is 28.7. The van der Waals surface area contributed by atoms with E-state index in [-0.39, 0.29) is 43.4 Å². The lowest BCUT2D eigenvalue weighted by atomic mass is 9.98. The topological polar surface area (TPSA) is 244 Å². The van der Waals surface area contributed by atoms with Crippen LogP contribution in [0.25, 0.3) is 0 Å². The van der Waals surface area contributed by atoms with E-state index in [0.717, 1.165) is 0 Å². The highest BCUT2D eigenvalue weighted by Crippen LogP contribution is 2.21. The number of rotatable bonds is 8. The van der Waals surface area contributed by atoms with Crippen molar-refractivity contribution in [3.05, 3.63) is 29.8 Å². The molecule has 0 bridgehead atoms. The van der Waals surface area contributed by atoms with E-state index in [1.807, 2.05) is 27.7 Å². The highest BCUT2D eigenvalue weighted by Gasteiger charge is 2.40. The van der Waals surface area contributed by atoms with Gasteiger partial charge in [-0.1, -0.05) is 67.5 Å². The van der Waals surface area contributed by atoms with Gasteiger partial charge in [0.05, 0.1) is 6.54 Å². The van der Waals surface area contributed by atoms with E-state index in [2.05, 4.69) is 37.2 Å². The van der Waals surface area contributed by atoms with Crippen molar-refractivity contribution in [3.8, 4) is 5.75 Å². The lowest BCUT2D eigenvalue weighted by Crippen LogP contribution is -2.61. The Labute approximate surface area is 341 Å². The van der Waals surface area contributed by atoms with Crippen LogP contribution < -0.4 is 37.2 Å². The van der Waals surface area contributed by atoms with Crippen molar-refractivity contribution in [1.29, 1.82) is 0 Å². The predicted octanol–water partition coefficient (Wildman–Crippen LogP) is 0.388. The molecule has 1 aromatic carbocycles. The second kappa shape index (κ2) is 21.5. The number of hydrogen-bond donors (Lipinski definition) is 8. The van der Waals surface area contributed by atoms with Crippen LogP contribution in [-0.4, -0.2) is 113 Å². The van der Waals surface area contributed by atoms with Crippen LogP contribution in [0.15, 0.2) is 24.3 Å². The van der Waals surface area contributed by atoms with E-state index in [0.29, 0.717) is 18.4 Å². The minimum atomic E-state index is -1.23. The van der Waals surface area contributed by atoms with Crippen LogP contribution in [0.5, 0.6) is 5.75 Å². The Kier molecular flexibility index (Phi) is 17.5. The van der Waals surface area contributed by atoms with E-state index in [9.17, 15) is 43.5 Å². The zero-order valence-electron chi connectivity index (χ0n) is 35.3. The van der Waals surface area contributed by atoms with Crippen LogP contribution in [0, 0.1) is 23.7 Å². The van der Waals surface area contributed by atoms with Crippen molar-refractivity contribution in [2.45, 2.75) is 137 Å². The molecule has 8 N–H and O–H groups in total. The summed E-state index contributed by atoms with van der Waals surface area (Å²) in [5.74, 6) is -6.08. The van der Waals surface area contributed by atoms with Gasteiger partial charge >= 0.3 is 0 Å². The molecule has 2 heterocycles. The van der Waals surface area contributed by atoms with Gasteiger partial charge in [0.25, 0.3) is 0 Å². The van der Waals surface area contributed by atoms with Gasteiger partial charge in [-0.05, 0) is 74.0 Å². The number of nitrogens with one attached hydrogen (secondary N) is 7. The summed E-state index contributed by atoms with van der Waals surface area (Å²) in [6, 6.07) is -1.67. The number of phenolic OH excluding ortho intramolecular Hbond substituents is 1. The second-order valence-corrected chi connectivity index (χ2v) is 17.0. The van der Waals surface area contributed by atoms with Crippen molar-refractivity contribution in [2.75, 3.05) is 13.1 Å². The molecule has 7 unspecified atom stereocenters. The third-order valence-corrected chi connectivity index (χ3v) is 10.2. The Balaban J connectivity index is 2.03. The summed E-state index contributed by atoms with van der Waals surface area (Å²) >= 11 is 0. The van der Waals surface area contributed by atoms with Crippen LogP contribution in [-0.2, 0) is 44.8 Å². The SMILES string of the molecule is CC(C)CC1NC(=O)C(C)NC(=O)C(CC(C)C)NC(=O)C(C(C)C)NC(=O)C(Cc2ccc(O)cc2)NC(=O)CNC(=O)C2CCCN2C(=O)C(C(C)C)NC1=O. The Hall–Kier alpha value is -5.22. The first-order chi connectivity index (χ1) is 27.2. The van der Waals surface area contributed by atoms with Crippen molar-refractivity contribution in [3.63, 3.8) is 0 Å². The van der Waals surface area contributed by atoms with Gasteiger partial charge in [0.2, 0.25) is 47.3 Å². The van der Waals surface area contributed by atoms with Crippen LogP contribution in [0.4, 0.5) is 0 Å². The molecule has 322 valence electrons. The van der Waals surface area contributed by atoms with Crippen LogP contribution >= 0.6 is 0 Å². The molecular formula is C41H64N8O9. The van der Waals surface area contributed by atoms with Gasteiger partial charge in [0.1, 0.15) is 48.0 Å². The molecule has 0 saturated carbocycles.